The predicted octanol–water partition coefficient (Wildman–Crippen LogP) is 5.33. The van der Waals surface area contributed by atoms with Gasteiger partial charge in [-0.15, -0.1) is 0 Å². The molecule has 5 heteroatoms. The van der Waals surface area contributed by atoms with Crippen molar-refractivity contribution in [3.63, 3.8) is 0 Å². The highest BCUT2D eigenvalue weighted by Crippen LogP contribution is 2.26. The van der Waals surface area contributed by atoms with Gasteiger partial charge in [-0.3, -0.25) is 4.79 Å². The molecule has 1 aromatic heterocycles. The maximum atomic E-state index is 13.9. The third-order valence-electron chi connectivity index (χ3n) is 4.79. The van der Waals surface area contributed by atoms with Gasteiger partial charge in [0.15, 0.2) is 5.76 Å². The first-order valence-electron chi connectivity index (χ1n) is 9.22. The van der Waals surface area contributed by atoms with Crippen LogP contribution < -0.4 is 10.2 Å². The fourth-order valence-corrected chi connectivity index (χ4v) is 3.39. The van der Waals surface area contributed by atoms with Crippen molar-refractivity contribution in [1.29, 1.82) is 0 Å². The first-order valence-corrected chi connectivity index (χ1v) is 9.22. The summed E-state index contributed by atoms with van der Waals surface area (Å²) in [6, 6.07) is 17.3. The molecule has 4 rings (SSSR count). The number of furan rings is 1. The molecule has 1 amide bonds. The number of hydrogen-bond acceptors (Lipinski definition) is 3. The van der Waals surface area contributed by atoms with Gasteiger partial charge in [-0.05, 0) is 61.7 Å². The molecule has 1 fully saturated rings. The van der Waals surface area contributed by atoms with Gasteiger partial charge in [0.2, 0.25) is 0 Å². The second-order valence-corrected chi connectivity index (χ2v) is 6.70. The van der Waals surface area contributed by atoms with Gasteiger partial charge in [-0.25, -0.2) is 4.39 Å². The minimum atomic E-state index is -0.381. The highest BCUT2D eigenvalue weighted by atomic mass is 19.1. The lowest BCUT2D eigenvalue weighted by Gasteiger charge is -2.29. The van der Waals surface area contributed by atoms with Crippen molar-refractivity contribution in [2.45, 2.75) is 19.3 Å². The van der Waals surface area contributed by atoms with E-state index in [-0.39, 0.29) is 17.5 Å². The Labute approximate surface area is 157 Å². The normalized spacial score (nSPS) is 14.2. The average Bonchev–Trinajstić information content (AvgIpc) is 3.19. The molecule has 0 spiro atoms. The van der Waals surface area contributed by atoms with Crippen LogP contribution in [0.15, 0.2) is 65.1 Å². The summed E-state index contributed by atoms with van der Waals surface area (Å²) in [6.07, 6.45) is 3.67. The van der Waals surface area contributed by atoms with E-state index in [0.717, 1.165) is 18.8 Å². The molecule has 0 saturated carbocycles. The molecule has 3 aromatic rings. The highest BCUT2D eigenvalue weighted by Gasteiger charge is 2.16. The summed E-state index contributed by atoms with van der Waals surface area (Å²) in [5.74, 6) is -0.252. The van der Waals surface area contributed by atoms with Crippen LogP contribution in [0.1, 0.15) is 29.8 Å². The standard InChI is InChI=1S/C22H21FN2O2/c23-19-10-3-2-9-18(19)20-11-12-21(27-20)22(26)24-16-7-6-8-17(15-16)25-13-4-1-5-14-25/h2-3,6-12,15H,1,4-5,13-14H2,(H,24,26). The number of benzene rings is 2. The number of nitrogens with zero attached hydrogens (tertiary/aromatic N) is 1. The summed E-state index contributed by atoms with van der Waals surface area (Å²) < 4.78 is 19.5. The zero-order valence-corrected chi connectivity index (χ0v) is 15.0. The number of halogens is 1. The summed E-state index contributed by atoms with van der Waals surface area (Å²) >= 11 is 0. The third-order valence-corrected chi connectivity index (χ3v) is 4.79. The summed E-state index contributed by atoms with van der Waals surface area (Å²) in [6.45, 7) is 2.09. The first kappa shape index (κ1) is 17.3. The number of nitrogens with one attached hydrogen (secondary N) is 1. The van der Waals surface area contributed by atoms with Gasteiger partial charge in [-0.1, -0.05) is 18.2 Å². The topological polar surface area (TPSA) is 45.5 Å². The van der Waals surface area contributed by atoms with Crippen molar-refractivity contribution in [3.05, 3.63) is 72.2 Å². The summed E-state index contributed by atoms with van der Waals surface area (Å²) in [7, 11) is 0. The minimum absolute atomic E-state index is 0.150. The van der Waals surface area contributed by atoms with E-state index in [1.807, 2.05) is 18.2 Å². The molecule has 0 aliphatic carbocycles. The maximum Gasteiger partial charge on any atom is 0.291 e. The molecular weight excluding hydrogens is 343 g/mol. The fraction of sp³-hybridized carbons (Fsp3) is 0.227. The average molecular weight is 364 g/mol. The second-order valence-electron chi connectivity index (χ2n) is 6.70. The van der Waals surface area contributed by atoms with E-state index < -0.39 is 0 Å². The van der Waals surface area contributed by atoms with Crippen LogP contribution >= 0.6 is 0 Å². The number of anilines is 2. The van der Waals surface area contributed by atoms with E-state index in [1.54, 1.807) is 30.3 Å². The van der Waals surface area contributed by atoms with Gasteiger partial charge in [0.05, 0.1) is 5.56 Å². The first-order chi connectivity index (χ1) is 13.2. The summed E-state index contributed by atoms with van der Waals surface area (Å²) in [4.78, 5) is 14.9. The zero-order valence-electron chi connectivity index (χ0n) is 15.0. The molecule has 1 N–H and O–H groups in total. The largest absolute Gasteiger partial charge is 0.451 e. The molecule has 0 unspecified atom stereocenters. The van der Waals surface area contributed by atoms with Gasteiger partial charge in [-0.2, -0.15) is 0 Å². The van der Waals surface area contributed by atoms with Crippen LogP contribution in [0, 0.1) is 5.82 Å². The van der Waals surface area contributed by atoms with Crippen molar-refractivity contribution < 1.29 is 13.6 Å². The monoisotopic (exact) mass is 364 g/mol. The Kier molecular flexibility index (Phi) is 4.92. The van der Waals surface area contributed by atoms with Crippen LogP contribution in [0.3, 0.4) is 0 Å². The Balaban J connectivity index is 1.49. The molecule has 2 aromatic carbocycles. The van der Waals surface area contributed by atoms with Gasteiger partial charge in [0.1, 0.15) is 11.6 Å². The number of hydrogen-bond donors (Lipinski definition) is 1. The van der Waals surface area contributed by atoms with Crippen molar-refractivity contribution in [2.75, 3.05) is 23.3 Å². The number of rotatable bonds is 4. The Bertz CT molecular complexity index is 945. The quantitative estimate of drug-likeness (QED) is 0.681. The molecule has 2 heterocycles. The van der Waals surface area contributed by atoms with Crippen LogP contribution in [-0.2, 0) is 0 Å². The zero-order chi connectivity index (χ0) is 18.6. The van der Waals surface area contributed by atoms with Crippen LogP contribution in [0.4, 0.5) is 15.8 Å². The van der Waals surface area contributed by atoms with E-state index >= 15 is 0 Å². The number of piperidine rings is 1. The van der Waals surface area contributed by atoms with Crippen molar-refractivity contribution in [2.24, 2.45) is 0 Å². The molecule has 1 aliphatic heterocycles. The fourth-order valence-electron chi connectivity index (χ4n) is 3.39. The lowest BCUT2D eigenvalue weighted by atomic mass is 10.1. The van der Waals surface area contributed by atoms with Crippen molar-refractivity contribution >= 4 is 17.3 Å². The van der Waals surface area contributed by atoms with E-state index in [0.29, 0.717) is 17.0 Å². The predicted molar refractivity (Wildman–Crippen MR) is 105 cm³/mol. The number of amides is 1. The lowest BCUT2D eigenvalue weighted by molar-refractivity contribution is 0.0997. The SMILES string of the molecule is O=C(Nc1cccc(N2CCCCC2)c1)c1ccc(-c2ccccc2F)o1. The highest BCUT2D eigenvalue weighted by molar-refractivity contribution is 6.02. The van der Waals surface area contributed by atoms with Crippen LogP contribution in [0.25, 0.3) is 11.3 Å². The molecular formula is C22H21FN2O2. The molecule has 138 valence electrons. The molecule has 27 heavy (non-hydrogen) atoms. The van der Waals surface area contributed by atoms with Crippen LogP contribution in [0.5, 0.6) is 0 Å². The van der Waals surface area contributed by atoms with E-state index in [1.165, 1.54) is 25.3 Å². The van der Waals surface area contributed by atoms with E-state index in [4.69, 9.17) is 4.42 Å². The van der Waals surface area contributed by atoms with E-state index in [2.05, 4.69) is 16.3 Å². The van der Waals surface area contributed by atoms with Crippen LogP contribution in [0.2, 0.25) is 0 Å². The molecule has 1 aliphatic rings. The number of carbonyl (C=O) groups is 1. The Morgan fingerprint density at radius 3 is 2.59 bits per heavy atom. The Morgan fingerprint density at radius 1 is 0.963 bits per heavy atom. The summed E-state index contributed by atoms with van der Waals surface area (Å²) in [5.41, 5.74) is 2.16. The molecule has 4 nitrogen and oxygen atoms in total. The third kappa shape index (κ3) is 3.87. The number of carbonyl (C=O) groups excluding carboxylic acids is 1. The molecule has 1 saturated heterocycles. The van der Waals surface area contributed by atoms with Gasteiger partial charge >= 0.3 is 0 Å². The van der Waals surface area contributed by atoms with Gasteiger partial charge in [0.25, 0.3) is 5.91 Å². The van der Waals surface area contributed by atoms with Crippen molar-refractivity contribution in [1.82, 2.24) is 0 Å². The van der Waals surface area contributed by atoms with Crippen molar-refractivity contribution in [3.8, 4) is 11.3 Å². The lowest BCUT2D eigenvalue weighted by Crippen LogP contribution is -2.29. The Morgan fingerprint density at radius 2 is 1.78 bits per heavy atom. The van der Waals surface area contributed by atoms with Crippen LogP contribution in [-0.4, -0.2) is 19.0 Å². The Hall–Kier alpha value is -3.08. The van der Waals surface area contributed by atoms with Gasteiger partial charge < -0.3 is 14.6 Å². The molecule has 0 bridgehead atoms. The van der Waals surface area contributed by atoms with Gasteiger partial charge in [0, 0.05) is 24.5 Å². The molecule has 0 atom stereocenters. The summed E-state index contributed by atoms with van der Waals surface area (Å²) in [5, 5.41) is 2.86. The second kappa shape index (κ2) is 7.66. The smallest absolute Gasteiger partial charge is 0.291 e. The van der Waals surface area contributed by atoms with E-state index in [9.17, 15) is 9.18 Å². The molecule has 0 radical (unpaired) electrons. The minimum Gasteiger partial charge on any atom is -0.451 e. The maximum absolute atomic E-state index is 13.9.